The van der Waals surface area contributed by atoms with E-state index in [1.54, 1.807) is 0 Å². The van der Waals surface area contributed by atoms with Gasteiger partial charge in [0.2, 0.25) is 0 Å². The normalized spacial score (nSPS) is 12.6. The van der Waals surface area contributed by atoms with Gasteiger partial charge in [0.05, 0.1) is 0 Å². The quantitative estimate of drug-likeness (QED) is 0.467. The molecule has 4 rings (SSSR count). The van der Waals surface area contributed by atoms with Crippen molar-refractivity contribution >= 4 is 27.8 Å². The summed E-state index contributed by atoms with van der Waals surface area (Å²) in [5, 5.41) is 15.2. The van der Waals surface area contributed by atoms with Crippen LogP contribution < -0.4 is 5.32 Å². The van der Waals surface area contributed by atoms with Crippen LogP contribution in [0.15, 0.2) is 60.9 Å². The highest BCUT2D eigenvalue weighted by Gasteiger charge is 2.20. The highest BCUT2D eigenvalue weighted by atomic mass is 16.4. The van der Waals surface area contributed by atoms with E-state index >= 15 is 0 Å². The zero-order chi connectivity index (χ0) is 18.8. The molecule has 5 heteroatoms. The second-order valence-corrected chi connectivity index (χ2v) is 6.79. The maximum atomic E-state index is 11.8. The van der Waals surface area contributed by atoms with Gasteiger partial charge in [-0.2, -0.15) is 0 Å². The number of rotatable bonds is 7. The summed E-state index contributed by atoms with van der Waals surface area (Å²) < 4.78 is 2.20. The number of nitrogens with one attached hydrogen (secondary N) is 2. The molecule has 138 valence electrons. The monoisotopic (exact) mass is 361 g/mol. The summed E-state index contributed by atoms with van der Waals surface area (Å²) in [5.74, 6) is -0.834. The lowest BCUT2D eigenvalue weighted by Gasteiger charge is -2.14. The topological polar surface area (TPSA) is 70.0 Å². The lowest BCUT2D eigenvalue weighted by molar-refractivity contribution is -0.139. The van der Waals surface area contributed by atoms with Crippen LogP contribution in [0.3, 0.4) is 0 Å². The summed E-state index contributed by atoms with van der Waals surface area (Å²) >= 11 is 0. The number of benzene rings is 2. The zero-order valence-electron chi connectivity index (χ0n) is 15.3. The summed E-state index contributed by atoms with van der Waals surface area (Å²) in [6, 6.07) is 15.6. The lowest BCUT2D eigenvalue weighted by atomic mass is 10.0. The molecule has 2 heterocycles. The first-order valence-corrected chi connectivity index (χ1v) is 9.25. The Hall–Kier alpha value is -3.05. The molecular formula is C22H23N3O2. The van der Waals surface area contributed by atoms with Crippen LogP contribution in [0.2, 0.25) is 0 Å². The molecule has 0 radical (unpaired) electrons. The molecule has 0 spiro atoms. The molecule has 0 unspecified atom stereocenters. The Morgan fingerprint density at radius 2 is 1.85 bits per heavy atom. The molecule has 2 aromatic heterocycles. The molecule has 27 heavy (non-hydrogen) atoms. The second kappa shape index (κ2) is 7.29. The molecule has 4 aromatic rings. The first kappa shape index (κ1) is 17.4. The number of aromatic nitrogens is 2. The van der Waals surface area contributed by atoms with Crippen molar-refractivity contribution in [3.05, 3.63) is 72.1 Å². The first-order chi connectivity index (χ1) is 13.2. The standard InChI is InChI=1S/C22H23N3O2/c1-2-25-14-16(18-8-4-6-10-21(18)25)13-24-20(22(26)27)11-15-12-23-19-9-5-3-7-17(15)19/h3-10,12,14,20,23-24H,2,11,13H2,1H3,(H,26,27)/t20-/m1/s1. The maximum Gasteiger partial charge on any atom is 0.321 e. The van der Waals surface area contributed by atoms with Crippen LogP contribution in [-0.2, 0) is 24.3 Å². The fourth-order valence-corrected chi connectivity index (χ4v) is 3.73. The van der Waals surface area contributed by atoms with Crippen LogP contribution in [0, 0.1) is 0 Å². The van der Waals surface area contributed by atoms with E-state index in [0.29, 0.717) is 13.0 Å². The molecule has 2 aromatic carbocycles. The highest BCUT2D eigenvalue weighted by Crippen LogP contribution is 2.22. The number of carbonyl (C=O) groups is 1. The van der Waals surface area contributed by atoms with E-state index < -0.39 is 12.0 Å². The summed E-state index contributed by atoms with van der Waals surface area (Å²) in [4.78, 5) is 15.0. The predicted octanol–water partition coefficient (Wildman–Crippen LogP) is 3.93. The Labute approximate surface area is 157 Å². The number of para-hydroxylation sites is 2. The van der Waals surface area contributed by atoms with Gasteiger partial charge in [-0.15, -0.1) is 0 Å². The number of carboxylic acids is 1. The molecule has 0 fully saturated rings. The number of aliphatic carboxylic acids is 1. The minimum atomic E-state index is -0.834. The molecule has 1 atom stereocenters. The largest absolute Gasteiger partial charge is 0.480 e. The second-order valence-electron chi connectivity index (χ2n) is 6.79. The Morgan fingerprint density at radius 3 is 2.63 bits per heavy atom. The number of aromatic amines is 1. The Bertz CT molecular complexity index is 1090. The van der Waals surface area contributed by atoms with Crippen LogP contribution in [0.4, 0.5) is 0 Å². The third-order valence-electron chi connectivity index (χ3n) is 5.15. The van der Waals surface area contributed by atoms with Gasteiger partial charge in [0, 0.05) is 53.7 Å². The number of hydrogen-bond acceptors (Lipinski definition) is 2. The minimum absolute atomic E-state index is 0.436. The highest BCUT2D eigenvalue weighted by molar-refractivity contribution is 5.85. The summed E-state index contributed by atoms with van der Waals surface area (Å²) in [5.41, 5.74) is 4.35. The molecular weight excluding hydrogens is 338 g/mol. The van der Waals surface area contributed by atoms with Crippen LogP contribution >= 0.6 is 0 Å². The average Bonchev–Trinajstić information content (AvgIpc) is 3.26. The van der Waals surface area contributed by atoms with Gasteiger partial charge in [-0.25, -0.2) is 0 Å². The Kier molecular flexibility index (Phi) is 4.69. The third-order valence-corrected chi connectivity index (χ3v) is 5.15. The SMILES string of the molecule is CCn1cc(CN[C@H](Cc2c[nH]c3ccccc23)C(=O)O)c2ccccc21. The van der Waals surface area contributed by atoms with Gasteiger partial charge in [0.25, 0.3) is 0 Å². The number of nitrogens with zero attached hydrogens (tertiary/aromatic N) is 1. The fraction of sp³-hybridized carbons (Fsp3) is 0.227. The van der Waals surface area contributed by atoms with Gasteiger partial charge in [-0.05, 0) is 30.2 Å². The van der Waals surface area contributed by atoms with Gasteiger partial charge < -0.3 is 14.7 Å². The molecule has 0 aliphatic rings. The number of H-pyrrole nitrogens is 1. The summed E-state index contributed by atoms with van der Waals surface area (Å²) in [6.45, 7) is 3.52. The van der Waals surface area contributed by atoms with E-state index in [2.05, 4.69) is 40.1 Å². The van der Waals surface area contributed by atoms with E-state index in [0.717, 1.165) is 28.6 Å². The number of fused-ring (bicyclic) bond motifs is 2. The number of carboxylic acid groups (broad SMARTS) is 1. The smallest absolute Gasteiger partial charge is 0.321 e. The van der Waals surface area contributed by atoms with Crippen molar-refractivity contribution in [2.45, 2.75) is 32.5 Å². The molecule has 0 aliphatic heterocycles. The first-order valence-electron chi connectivity index (χ1n) is 9.25. The van der Waals surface area contributed by atoms with E-state index in [1.165, 1.54) is 10.9 Å². The molecule has 0 saturated heterocycles. The van der Waals surface area contributed by atoms with Crippen LogP contribution in [0.1, 0.15) is 18.1 Å². The summed E-state index contributed by atoms with van der Waals surface area (Å²) in [6.07, 6.45) is 4.46. The Balaban J connectivity index is 1.55. The van der Waals surface area contributed by atoms with Crippen molar-refractivity contribution in [3.8, 4) is 0 Å². The van der Waals surface area contributed by atoms with Crippen molar-refractivity contribution in [2.24, 2.45) is 0 Å². The maximum absolute atomic E-state index is 11.8. The molecule has 5 nitrogen and oxygen atoms in total. The van der Waals surface area contributed by atoms with Crippen LogP contribution in [0.5, 0.6) is 0 Å². The van der Waals surface area contributed by atoms with E-state index in [1.807, 2.05) is 42.6 Å². The van der Waals surface area contributed by atoms with Gasteiger partial charge >= 0.3 is 5.97 Å². The van der Waals surface area contributed by atoms with Gasteiger partial charge in [-0.3, -0.25) is 10.1 Å². The van der Waals surface area contributed by atoms with Crippen molar-refractivity contribution < 1.29 is 9.90 Å². The van der Waals surface area contributed by atoms with E-state index in [4.69, 9.17) is 0 Å². The average molecular weight is 361 g/mol. The third kappa shape index (κ3) is 3.34. The fourth-order valence-electron chi connectivity index (χ4n) is 3.73. The van der Waals surface area contributed by atoms with Crippen molar-refractivity contribution in [1.29, 1.82) is 0 Å². The molecule has 0 saturated carbocycles. The molecule has 3 N–H and O–H groups in total. The van der Waals surface area contributed by atoms with Crippen molar-refractivity contribution in [1.82, 2.24) is 14.9 Å². The number of hydrogen-bond donors (Lipinski definition) is 3. The van der Waals surface area contributed by atoms with Gasteiger partial charge in [0.1, 0.15) is 6.04 Å². The molecule has 0 aliphatic carbocycles. The molecule has 0 amide bonds. The number of aryl methyl sites for hydroxylation is 1. The van der Waals surface area contributed by atoms with E-state index in [9.17, 15) is 9.90 Å². The van der Waals surface area contributed by atoms with Crippen LogP contribution in [0.25, 0.3) is 21.8 Å². The van der Waals surface area contributed by atoms with Gasteiger partial charge in [-0.1, -0.05) is 36.4 Å². The van der Waals surface area contributed by atoms with Crippen molar-refractivity contribution in [3.63, 3.8) is 0 Å². The Morgan fingerprint density at radius 1 is 1.11 bits per heavy atom. The minimum Gasteiger partial charge on any atom is -0.480 e. The summed E-state index contributed by atoms with van der Waals surface area (Å²) in [7, 11) is 0. The predicted molar refractivity (Wildman–Crippen MR) is 108 cm³/mol. The molecule has 0 bridgehead atoms. The van der Waals surface area contributed by atoms with Gasteiger partial charge in [0.15, 0.2) is 0 Å². The van der Waals surface area contributed by atoms with Crippen molar-refractivity contribution in [2.75, 3.05) is 0 Å². The lowest BCUT2D eigenvalue weighted by Crippen LogP contribution is -2.38. The zero-order valence-corrected chi connectivity index (χ0v) is 15.3. The van der Waals surface area contributed by atoms with E-state index in [-0.39, 0.29) is 0 Å². The van der Waals surface area contributed by atoms with Crippen LogP contribution in [-0.4, -0.2) is 26.7 Å².